The number of hydrogen-bond donors (Lipinski definition) is 4. The summed E-state index contributed by atoms with van der Waals surface area (Å²) < 4.78 is 5.08. The molecule has 9 nitrogen and oxygen atoms in total. The number of ether oxygens (including phenoxy) is 1. The fourth-order valence-electron chi connectivity index (χ4n) is 4.15. The molecule has 0 atom stereocenters. The quantitative estimate of drug-likeness (QED) is 0.466. The maximum absolute atomic E-state index is 13.2. The molecular formula is C23H28N6O3. The van der Waals surface area contributed by atoms with Gasteiger partial charge in [0.2, 0.25) is 0 Å². The van der Waals surface area contributed by atoms with Crippen LogP contribution in [0, 0.1) is 0 Å². The van der Waals surface area contributed by atoms with E-state index in [4.69, 9.17) is 10.5 Å². The molecule has 9 heteroatoms. The van der Waals surface area contributed by atoms with E-state index in [1.54, 1.807) is 12.4 Å². The molecule has 0 aliphatic heterocycles. The van der Waals surface area contributed by atoms with Crippen LogP contribution < -0.4 is 16.4 Å². The highest BCUT2D eigenvalue weighted by atomic mass is 16.6. The molecule has 1 fully saturated rings. The van der Waals surface area contributed by atoms with Crippen LogP contribution >= 0.6 is 0 Å². The van der Waals surface area contributed by atoms with E-state index >= 15 is 0 Å². The molecular weight excluding hydrogens is 408 g/mol. The molecule has 3 aromatic rings. The van der Waals surface area contributed by atoms with Gasteiger partial charge in [-0.05, 0) is 57.2 Å². The summed E-state index contributed by atoms with van der Waals surface area (Å²) in [6, 6.07) is 6.11. The Morgan fingerprint density at radius 3 is 2.59 bits per heavy atom. The van der Waals surface area contributed by atoms with Crippen molar-refractivity contribution in [3.8, 4) is 11.1 Å². The summed E-state index contributed by atoms with van der Waals surface area (Å²) in [7, 11) is 0. The molecule has 0 unspecified atom stereocenters. The zero-order chi connectivity index (χ0) is 22.7. The van der Waals surface area contributed by atoms with Gasteiger partial charge < -0.3 is 21.1 Å². The monoisotopic (exact) mass is 436 g/mol. The van der Waals surface area contributed by atoms with Gasteiger partial charge in [-0.1, -0.05) is 6.07 Å². The molecule has 1 saturated carbocycles. The topological polar surface area (TPSA) is 135 Å². The van der Waals surface area contributed by atoms with Crippen LogP contribution in [0.25, 0.3) is 22.0 Å². The van der Waals surface area contributed by atoms with Gasteiger partial charge in [0.25, 0.3) is 5.91 Å². The van der Waals surface area contributed by atoms with E-state index in [2.05, 4.69) is 25.8 Å². The van der Waals surface area contributed by atoms with Crippen molar-refractivity contribution < 1.29 is 14.3 Å². The fourth-order valence-corrected chi connectivity index (χ4v) is 4.15. The first-order valence-electron chi connectivity index (χ1n) is 10.9. The Hall–Kier alpha value is -3.62. The third kappa shape index (κ3) is 4.82. The zero-order valence-electron chi connectivity index (χ0n) is 18.2. The lowest BCUT2D eigenvalue weighted by atomic mass is 9.92. The molecule has 0 spiro atoms. The second-order valence-electron chi connectivity index (χ2n) is 8.45. The number of H-pyrrole nitrogens is 1. The first kappa shape index (κ1) is 21.6. The van der Waals surface area contributed by atoms with E-state index in [0.29, 0.717) is 18.4 Å². The number of nitrogens with one attached hydrogen (secondary N) is 3. The number of primary amides is 1. The largest absolute Gasteiger partial charge is 0.446 e. The Morgan fingerprint density at radius 2 is 1.94 bits per heavy atom. The number of aromatic amines is 1. The Kier molecular flexibility index (Phi) is 6.25. The van der Waals surface area contributed by atoms with Crippen LogP contribution in [0.5, 0.6) is 0 Å². The first-order chi connectivity index (χ1) is 15.4. The summed E-state index contributed by atoms with van der Waals surface area (Å²) in [6.45, 7) is 4.07. The second kappa shape index (κ2) is 9.25. The van der Waals surface area contributed by atoms with Gasteiger partial charge in [0, 0.05) is 35.4 Å². The molecule has 1 aromatic carbocycles. The van der Waals surface area contributed by atoms with Crippen LogP contribution in [-0.2, 0) is 4.74 Å². The number of anilines is 1. The lowest BCUT2D eigenvalue weighted by Crippen LogP contribution is -2.40. The maximum Gasteiger partial charge on any atom is 0.404 e. The van der Waals surface area contributed by atoms with Gasteiger partial charge in [-0.15, -0.1) is 0 Å². The van der Waals surface area contributed by atoms with Crippen LogP contribution in [0.15, 0.2) is 36.8 Å². The van der Waals surface area contributed by atoms with E-state index in [9.17, 15) is 9.59 Å². The number of fused-ring (bicyclic) bond motifs is 1. The van der Waals surface area contributed by atoms with E-state index in [-0.39, 0.29) is 24.1 Å². The summed E-state index contributed by atoms with van der Waals surface area (Å²) in [4.78, 5) is 28.7. The molecule has 5 N–H and O–H groups in total. The van der Waals surface area contributed by atoms with Crippen LogP contribution in [0.3, 0.4) is 0 Å². The summed E-state index contributed by atoms with van der Waals surface area (Å²) in [5.74, 6) is -0.171. The number of aromatic nitrogens is 3. The Morgan fingerprint density at radius 1 is 1.16 bits per heavy atom. The average molecular weight is 437 g/mol. The van der Waals surface area contributed by atoms with Crippen molar-refractivity contribution in [2.45, 2.75) is 57.7 Å². The first-order valence-corrected chi connectivity index (χ1v) is 10.9. The summed E-state index contributed by atoms with van der Waals surface area (Å²) in [5, 5.41) is 14.3. The van der Waals surface area contributed by atoms with Crippen LogP contribution in [0.2, 0.25) is 0 Å². The predicted octanol–water partition coefficient (Wildman–Crippen LogP) is 3.58. The fraction of sp³-hybridized carbons (Fsp3) is 0.391. The SMILES string of the molecule is CC(C)Nc1c(C(=O)N[C@H]2CC[C@H](OC(N)=O)CC2)cnc2ccc(-c3cn[nH]c3)cc12. The third-order valence-electron chi connectivity index (χ3n) is 5.67. The van der Waals surface area contributed by atoms with Crippen molar-refractivity contribution in [2.75, 3.05) is 5.32 Å². The van der Waals surface area contributed by atoms with E-state index in [0.717, 1.165) is 40.6 Å². The number of hydrogen-bond acceptors (Lipinski definition) is 6. The van der Waals surface area contributed by atoms with Crippen molar-refractivity contribution in [2.24, 2.45) is 5.73 Å². The molecule has 168 valence electrons. The number of carbonyl (C=O) groups is 2. The Labute approximate surface area is 186 Å². The van der Waals surface area contributed by atoms with Gasteiger partial charge in [-0.2, -0.15) is 5.10 Å². The molecule has 2 amide bonds. The van der Waals surface area contributed by atoms with E-state index in [1.165, 1.54) is 0 Å². The van der Waals surface area contributed by atoms with Crippen molar-refractivity contribution in [1.29, 1.82) is 0 Å². The van der Waals surface area contributed by atoms with E-state index < -0.39 is 6.09 Å². The molecule has 0 saturated heterocycles. The van der Waals surface area contributed by atoms with Gasteiger partial charge >= 0.3 is 6.09 Å². The smallest absolute Gasteiger partial charge is 0.404 e. The number of nitrogens with two attached hydrogens (primary N) is 1. The Bertz CT molecular complexity index is 1100. The highest BCUT2D eigenvalue weighted by Gasteiger charge is 2.26. The standard InChI is InChI=1S/C23H28N6O3/c1-13(2)28-21-18-9-14(15-10-26-27-11-15)3-8-20(18)25-12-19(21)22(30)29-16-4-6-17(7-5-16)32-23(24)31/h3,8-13,16-17H,4-7H2,1-2H3,(H2,24,31)(H,25,28)(H,26,27)(H,29,30)/t16-,17-. The number of rotatable bonds is 6. The summed E-state index contributed by atoms with van der Waals surface area (Å²) >= 11 is 0. The summed E-state index contributed by atoms with van der Waals surface area (Å²) in [5.41, 5.74) is 9.14. The predicted molar refractivity (Wildman–Crippen MR) is 122 cm³/mol. The van der Waals surface area contributed by atoms with Gasteiger partial charge in [0.05, 0.1) is 23.0 Å². The number of carbonyl (C=O) groups excluding carboxylic acids is 2. The Balaban J connectivity index is 1.59. The van der Waals surface area contributed by atoms with Gasteiger partial charge in [-0.25, -0.2) is 4.79 Å². The molecule has 0 bridgehead atoms. The third-order valence-corrected chi connectivity index (χ3v) is 5.67. The minimum atomic E-state index is -0.751. The normalized spacial score (nSPS) is 18.5. The van der Waals surface area contributed by atoms with Crippen LogP contribution in [-0.4, -0.2) is 45.4 Å². The van der Waals surface area contributed by atoms with Crippen LogP contribution in [0.4, 0.5) is 10.5 Å². The van der Waals surface area contributed by atoms with Gasteiger partial charge in [0.15, 0.2) is 0 Å². The minimum absolute atomic E-state index is 0.00934. The molecule has 1 aliphatic carbocycles. The van der Waals surface area contributed by atoms with Crippen molar-refractivity contribution in [3.63, 3.8) is 0 Å². The minimum Gasteiger partial charge on any atom is -0.446 e. The molecule has 0 radical (unpaired) electrons. The molecule has 32 heavy (non-hydrogen) atoms. The van der Waals surface area contributed by atoms with Crippen LogP contribution in [0.1, 0.15) is 49.9 Å². The maximum atomic E-state index is 13.2. The number of amides is 2. The highest BCUT2D eigenvalue weighted by Crippen LogP contribution is 2.31. The average Bonchev–Trinajstić information content (AvgIpc) is 3.29. The lowest BCUT2D eigenvalue weighted by Gasteiger charge is -2.28. The molecule has 2 heterocycles. The second-order valence-corrected chi connectivity index (χ2v) is 8.45. The molecule has 2 aromatic heterocycles. The van der Waals surface area contributed by atoms with Crippen molar-refractivity contribution >= 4 is 28.6 Å². The summed E-state index contributed by atoms with van der Waals surface area (Å²) in [6.07, 6.45) is 7.09. The van der Waals surface area contributed by atoms with Gasteiger partial charge in [0.1, 0.15) is 6.10 Å². The number of benzene rings is 1. The number of nitrogens with zero attached hydrogens (tertiary/aromatic N) is 2. The van der Waals surface area contributed by atoms with E-state index in [1.807, 2.05) is 38.2 Å². The highest BCUT2D eigenvalue weighted by molar-refractivity contribution is 6.08. The molecule has 4 rings (SSSR count). The van der Waals surface area contributed by atoms with Gasteiger partial charge in [-0.3, -0.25) is 14.9 Å². The molecule has 1 aliphatic rings. The zero-order valence-corrected chi connectivity index (χ0v) is 18.2. The number of pyridine rings is 1. The van der Waals surface area contributed by atoms with Crippen molar-refractivity contribution in [1.82, 2.24) is 20.5 Å². The van der Waals surface area contributed by atoms with Crippen molar-refractivity contribution in [3.05, 3.63) is 42.4 Å². The lowest BCUT2D eigenvalue weighted by molar-refractivity contribution is 0.0711.